The number of anilines is 1. The van der Waals surface area contributed by atoms with Gasteiger partial charge in [0, 0.05) is 12.6 Å². The first-order valence-electron chi connectivity index (χ1n) is 9.41. The Labute approximate surface area is 173 Å². The van der Waals surface area contributed by atoms with Gasteiger partial charge < -0.3 is 4.74 Å². The molecule has 2 aromatic carbocycles. The van der Waals surface area contributed by atoms with Gasteiger partial charge >= 0.3 is 0 Å². The molecule has 2 atom stereocenters. The molecule has 1 aromatic heterocycles. The van der Waals surface area contributed by atoms with Gasteiger partial charge in [0.1, 0.15) is 16.8 Å². The van der Waals surface area contributed by atoms with E-state index in [-0.39, 0.29) is 22.1 Å². The summed E-state index contributed by atoms with van der Waals surface area (Å²) in [4.78, 5) is 28.3. The van der Waals surface area contributed by atoms with Crippen molar-refractivity contribution in [1.29, 1.82) is 0 Å². The van der Waals surface area contributed by atoms with Gasteiger partial charge in [-0.25, -0.2) is 4.68 Å². The predicted molar refractivity (Wildman–Crippen MR) is 116 cm³/mol. The Morgan fingerprint density at radius 1 is 1.00 bits per heavy atom. The summed E-state index contributed by atoms with van der Waals surface area (Å²) in [5, 5.41) is -0.583. The lowest BCUT2D eigenvalue weighted by atomic mass is 10.1. The van der Waals surface area contributed by atoms with Gasteiger partial charge in [-0.2, -0.15) is 0 Å². The maximum atomic E-state index is 13.5. The Morgan fingerprint density at radius 2 is 1.66 bits per heavy atom. The Hall–Kier alpha value is -2.93. The summed E-state index contributed by atoms with van der Waals surface area (Å²) in [6, 6.07) is 17.1. The zero-order valence-electron chi connectivity index (χ0n) is 16.8. The van der Waals surface area contributed by atoms with Crippen LogP contribution in [-0.4, -0.2) is 27.6 Å². The highest BCUT2D eigenvalue weighted by atomic mass is 32.2. The van der Waals surface area contributed by atoms with E-state index in [0.717, 1.165) is 16.9 Å². The molecule has 0 spiro atoms. The Balaban J connectivity index is 1.91. The van der Waals surface area contributed by atoms with Crippen molar-refractivity contribution in [2.45, 2.75) is 24.5 Å². The van der Waals surface area contributed by atoms with Crippen LogP contribution in [0.2, 0.25) is 0 Å². The average Bonchev–Trinajstić information content (AvgIpc) is 3.14. The second-order valence-electron chi connectivity index (χ2n) is 6.99. The number of thioether (sulfide) groups is 1. The minimum absolute atomic E-state index is 0.0723. The highest BCUT2D eigenvalue weighted by Gasteiger charge is 2.43. The number of ether oxygens (including phenoxy) is 1. The van der Waals surface area contributed by atoms with E-state index in [0.29, 0.717) is 11.4 Å². The third-order valence-corrected chi connectivity index (χ3v) is 6.65. The molecule has 6 nitrogen and oxygen atoms in total. The third-order valence-electron chi connectivity index (χ3n) is 5.32. The number of para-hydroxylation sites is 2. The van der Waals surface area contributed by atoms with Gasteiger partial charge in [-0.3, -0.25) is 19.2 Å². The number of nitrogens with zero attached hydrogens (tertiary/aromatic N) is 3. The number of hydrogen-bond acceptors (Lipinski definition) is 4. The summed E-state index contributed by atoms with van der Waals surface area (Å²) >= 11 is 1.53. The first kappa shape index (κ1) is 19.4. The van der Waals surface area contributed by atoms with Crippen LogP contribution in [0.3, 0.4) is 0 Å². The van der Waals surface area contributed by atoms with E-state index < -0.39 is 0 Å². The number of methoxy groups -OCH3 is 1. The standard InChI is InChI=1S/C22H23N3O3S/c1-14-19(21(27)25(23(14)3)16-10-6-5-7-11-16)24-20(26)15(2)29-22(24)17-12-8-9-13-18(17)28-4/h5-13,15,22H,1-4H3/t15-,22-/m1/s1. The fourth-order valence-corrected chi connectivity index (χ4v) is 5.05. The molecule has 150 valence electrons. The van der Waals surface area contributed by atoms with Gasteiger partial charge in [0.25, 0.3) is 5.56 Å². The Kier molecular flexibility index (Phi) is 5.00. The number of carbonyl (C=O) groups is 1. The van der Waals surface area contributed by atoms with Gasteiger partial charge in [0.15, 0.2) is 0 Å². The quantitative estimate of drug-likeness (QED) is 0.660. The van der Waals surface area contributed by atoms with Crippen LogP contribution in [0.4, 0.5) is 5.69 Å². The lowest BCUT2D eigenvalue weighted by molar-refractivity contribution is -0.117. The molecule has 0 saturated carbocycles. The monoisotopic (exact) mass is 409 g/mol. The molecule has 4 rings (SSSR count). The van der Waals surface area contributed by atoms with Crippen LogP contribution in [0, 0.1) is 6.92 Å². The minimum atomic E-state index is -0.327. The van der Waals surface area contributed by atoms with Crippen LogP contribution >= 0.6 is 11.8 Å². The Morgan fingerprint density at radius 3 is 2.34 bits per heavy atom. The first-order valence-corrected chi connectivity index (χ1v) is 10.4. The molecule has 7 heteroatoms. The highest BCUT2D eigenvalue weighted by molar-refractivity contribution is 8.01. The zero-order chi connectivity index (χ0) is 20.7. The van der Waals surface area contributed by atoms with E-state index in [1.165, 1.54) is 11.8 Å². The maximum Gasteiger partial charge on any atom is 0.295 e. The number of amides is 1. The molecular weight excluding hydrogens is 386 g/mol. The number of benzene rings is 2. The summed E-state index contributed by atoms with van der Waals surface area (Å²) in [7, 11) is 3.45. The first-order chi connectivity index (χ1) is 14.0. The van der Waals surface area contributed by atoms with Crippen molar-refractivity contribution >= 4 is 23.4 Å². The van der Waals surface area contributed by atoms with Crippen molar-refractivity contribution in [2.75, 3.05) is 12.0 Å². The van der Waals surface area contributed by atoms with E-state index in [1.54, 1.807) is 21.4 Å². The molecule has 0 radical (unpaired) electrons. The highest BCUT2D eigenvalue weighted by Crippen LogP contribution is 2.47. The molecular formula is C22H23N3O3S. The lowest BCUT2D eigenvalue weighted by Gasteiger charge is -2.24. The fourth-order valence-electron chi connectivity index (χ4n) is 3.77. The van der Waals surface area contributed by atoms with Crippen molar-refractivity contribution in [3.8, 4) is 11.4 Å². The van der Waals surface area contributed by atoms with Crippen LogP contribution in [0.5, 0.6) is 5.75 Å². The number of aromatic nitrogens is 2. The molecule has 0 bridgehead atoms. The summed E-state index contributed by atoms with van der Waals surface area (Å²) in [6.07, 6.45) is 0. The maximum absolute atomic E-state index is 13.5. The van der Waals surface area contributed by atoms with Crippen LogP contribution < -0.4 is 15.2 Å². The van der Waals surface area contributed by atoms with E-state index in [1.807, 2.05) is 75.5 Å². The van der Waals surface area contributed by atoms with Crippen molar-refractivity contribution < 1.29 is 9.53 Å². The molecule has 0 unspecified atom stereocenters. The number of rotatable bonds is 4. The summed E-state index contributed by atoms with van der Waals surface area (Å²) in [5.74, 6) is 0.630. The Bertz CT molecular complexity index is 1120. The smallest absolute Gasteiger partial charge is 0.295 e. The second-order valence-corrected chi connectivity index (χ2v) is 8.42. The van der Waals surface area contributed by atoms with Crippen molar-refractivity contribution in [2.24, 2.45) is 7.05 Å². The van der Waals surface area contributed by atoms with Gasteiger partial charge in [-0.1, -0.05) is 36.4 Å². The van der Waals surface area contributed by atoms with Crippen LogP contribution in [0.25, 0.3) is 5.69 Å². The second kappa shape index (κ2) is 7.48. The summed E-state index contributed by atoms with van der Waals surface area (Å²) < 4.78 is 8.93. The minimum Gasteiger partial charge on any atom is -0.496 e. The summed E-state index contributed by atoms with van der Waals surface area (Å²) in [5.41, 5.74) is 2.58. The van der Waals surface area contributed by atoms with Gasteiger partial charge in [0.2, 0.25) is 5.91 Å². The van der Waals surface area contributed by atoms with E-state index >= 15 is 0 Å². The molecule has 2 heterocycles. The van der Waals surface area contributed by atoms with E-state index in [9.17, 15) is 9.59 Å². The number of carbonyl (C=O) groups excluding carboxylic acids is 1. The predicted octanol–water partition coefficient (Wildman–Crippen LogP) is 3.66. The van der Waals surface area contributed by atoms with Gasteiger partial charge in [-0.05, 0) is 32.0 Å². The van der Waals surface area contributed by atoms with Gasteiger partial charge in [0.05, 0.1) is 23.7 Å². The fraction of sp³-hybridized carbons (Fsp3) is 0.273. The molecule has 3 aromatic rings. The molecule has 1 aliphatic heterocycles. The van der Waals surface area contributed by atoms with Crippen LogP contribution in [0.1, 0.15) is 23.6 Å². The zero-order valence-corrected chi connectivity index (χ0v) is 17.6. The molecule has 1 fully saturated rings. The number of hydrogen-bond donors (Lipinski definition) is 0. The largest absolute Gasteiger partial charge is 0.496 e. The summed E-state index contributed by atoms with van der Waals surface area (Å²) in [6.45, 7) is 3.75. The van der Waals surface area contributed by atoms with Crippen molar-refractivity contribution in [3.63, 3.8) is 0 Å². The lowest BCUT2D eigenvalue weighted by Crippen LogP contribution is -2.34. The van der Waals surface area contributed by atoms with E-state index in [2.05, 4.69) is 0 Å². The van der Waals surface area contributed by atoms with Crippen LogP contribution in [0.15, 0.2) is 59.4 Å². The molecule has 0 N–H and O–H groups in total. The third kappa shape index (κ3) is 3.06. The molecule has 0 aliphatic carbocycles. The van der Waals surface area contributed by atoms with Gasteiger partial charge in [-0.15, -0.1) is 11.8 Å². The topological polar surface area (TPSA) is 56.5 Å². The normalized spacial score (nSPS) is 19.0. The molecule has 29 heavy (non-hydrogen) atoms. The van der Waals surface area contributed by atoms with Crippen molar-refractivity contribution in [1.82, 2.24) is 9.36 Å². The molecule has 1 saturated heterocycles. The molecule has 1 amide bonds. The molecule has 1 aliphatic rings. The van der Waals surface area contributed by atoms with E-state index in [4.69, 9.17) is 4.74 Å². The van der Waals surface area contributed by atoms with Crippen LogP contribution in [-0.2, 0) is 11.8 Å². The average molecular weight is 410 g/mol. The SMILES string of the molecule is COc1ccccc1[C@H]1S[C@H](C)C(=O)N1c1c(C)n(C)n(-c2ccccc2)c1=O. The van der Waals surface area contributed by atoms with Crippen molar-refractivity contribution in [3.05, 3.63) is 76.2 Å².